The lowest BCUT2D eigenvalue weighted by molar-refractivity contribution is -0.183. The van der Waals surface area contributed by atoms with Gasteiger partial charge in [-0.05, 0) is 19.3 Å². The molecule has 1 fully saturated rings. The molecule has 2 atom stereocenters. The van der Waals surface area contributed by atoms with Crippen LogP contribution in [0.3, 0.4) is 0 Å². The molecular weight excluding hydrogens is 245 g/mol. The number of hydrogen-bond donors (Lipinski definition) is 1. The third kappa shape index (κ3) is 3.04. The van der Waals surface area contributed by atoms with Crippen LogP contribution in [-0.4, -0.2) is 17.7 Å². The number of rotatable bonds is 3. The van der Waals surface area contributed by atoms with Crippen LogP contribution in [0.5, 0.6) is 0 Å². The third-order valence-corrected chi connectivity index (χ3v) is 3.47. The Bertz CT molecular complexity index is 389. The predicted molar refractivity (Wildman–Crippen MR) is 60.0 cm³/mol. The highest BCUT2D eigenvalue weighted by Crippen LogP contribution is 2.43. The molecule has 0 bridgehead atoms. The lowest BCUT2D eigenvalue weighted by atomic mass is 9.80. The zero-order valence-electron chi connectivity index (χ0n) is 10.0. The summed E-state index contributed by atoms with van der Waals surface area (Å²) in [5.41, 5.74) is 5.38. The highest BCUT2D eigenvalue weighted by atomic mass is 19.4. The predicted octanol–water partition coefficient (Wildman–Crippen LogP) is 3.01. The highest BCUT2D eigenvalue weighted by Gasteiger charge is 2.43. The Morgan fingerprint density at radius 2 is 2.17 bits per heavy atom. The molecule has 1 aliphatic rings. The lowest BCUT2D eigenvalue weighted by Crippen LogP contribution is -2.27. The first kappa shape index (κ1) is 13.4. The Labute approximate surface area is 104 Å². The molecule has 2 unspecified atom stereocenters. The first-order valence-corrected chi connectivity index (χ1v) is 6.22. The van der Waals surface area contributed by atoms with Gasteiger partial charge in [0.05, 0.1) is 12.1 Å². The van der Waals surface area contributed by atoms with E-state index >= 15 is 0 Å². The summed E-state index contributed by atoms with van der Waals surface area (Å²) in [6.45, 7) is 0.426. The van der Waals surface area contributed by atoms with E-state index in [1.54, 1.807) is 6.20 Å². The Morgan fingerprint density at radius 3 is 2.83 bits per heavy atom. The monoisotopic (exact) mass is 262 g/mol. The van der Waals surface area contributed by atoms with Crippen molar-refractivity contribution in [3.63, 3.8) is 0 Å². The molecule has 0 radical (unpaired) electrons. The Hall–Kier alpha value is -1.04. The van der Waals surface area contributed by atoms with Gasteiger partial charge in [0.2, 0.25) is 0 Å². The fourth-order valence-corrected chi connectivity index (χ4v) is 2.50. The van der Waals surface area contributed by atoms with Crippen molar-refractivity contribution in [2.45, 2.75) is 44.2 Å². The van der Waals surface area contributed by atoms with E-state index in [2.05, 4.69) is 4.98 Å². The van der Waals surface area contributed by atoms with E-state index in [9.17, 15) is 13.2 Å². The van der Waals surface area contributed by atoms with Crippen LogP contribution in [0.1, 0.15) is 43.3 Å². The molecular formula is C12H17F3N2O. The summed E-state index contributed by atoms with van der Waals surface area (Å²) < 4.78 is 43.5. The third-order valence-electron chi connectivity index (χ3n) is 3.47. The van der Waals surface area contributed by atoms with Gasteiger partial charge in [-0.25, -0.2) is 4.98 Å². The molecule has 6 heteroatoms. The summed E-state index contributed by atoms with van der Waals surface area (Å²) in [4.78, 5) is 4.04. The molecule has 0 amide bonds. The summed E-state index contributed by atoms with van der Waals surface area (Å²) in [7, 11) is 0. The number of hydrogen-bond acceptors (Lipinski definition) is 3. The normalized spacial score (nSPS) is 25.3. The van der Waals surface area contributed by atoms with Crippen molar-refractivity contribution in [1.82, 2.24) is 4.98 Å². The van der Waals surface area contributed by atoms with Crippen LogP contribution in [0.15, 0.2) is 10.6 Å². The zero-order chi connectivity index (χ0) is 13.2. The molecule has 2 rings (SSSR count). The van der Waals surface area contributed by atoms with E-state index in [-0.39, 0.29) is 18.8 Å². The molecule has 0 aromatic carbocycles. The van der Waals surface area contributed by atoms with Crippen molar-refractivity contribution in [2.75, 3.05) is 6.54 Å². The van der Waals surface area contributed by atoms with E-state index in [1.165, 1.54) is 0 Å². The van der Waals surface area contributed by atoms with Crippen molar-refractivity contribution in [3.05, 3.63) is 17.8 Å². The van der Waals surface area contributed by atoms with Gasteiger partial charge in [-0.1, -0.05) is 6.42 Å². The lowest BCUT2D eigenvalue weighted by Gasteiger charge is -2.29. The molecule has 2 N–H and O–H groups in total. The van der Waals surface area contributed by atoms with E-state index in [1.807, 2.05) is 0 Å². The van der Waals surface area contributed by atoms with Crippen LogP contribution in [-0.2, 0) is 6.42 Å². The first-order valence-electron chi connectivity index (χ1n) is 6.22. The number of alkyl halides is 3. The molecule has 18 heavy (non-hydrogen) atoms. The molecule has 1 heterocycles. The Morgan fingerprint density at radius 1 is 1.39 bits per heavy atom. The van der Waals surface area contributed by atoms with Gasteiger partial charge in [0, 0.05) is 18.9 Å². The van der Waals surface area contributed by atoms with Crippen molar-refractivity contribution in [3.8, 4) is 0 Å². The molecule has 3 nitrogen and oxygen atoms in total. The van der Waals surface area contributed by atoms with Crippen LogP contribution in [0, 0.1) is 5.92 Å². The van der Waals surface area contributed by atoms with Crippen LogP contribution in [0.4, 0.5) is 13.2 Å². The zero-order valence-corrected chi connectivity index (χ0v) is 10.0. The van der Waals surface area contributed by atoms with Gasteiger partial charge < -0.3 is 10.2 Å². The minimum Gasteiger partial charge on any atom is -0.445 e. The minimum atomic E-state index is -4.10. The largest absolute Gasteiger partial charge is 0.445 e. The minimum absolute atomic E-state index is 0.112. The average Bonchev–Trinajstić information content (AvgIpc) is 2.77. The number of halogens is 3. The molecule has 0 spiro atoms. The van der Waals surface area contributed by atoms with Crippen LogP contribution < -0.4 is 5.73 Å². The van der Waals surface area contributed by atoms with Crippen molar-refractivity contribution in [2.24, 2.45) is 11.7 Å². The summed E-state index contributed by atoms with van der Waals surface area (Å²) in [5.74, 6) is -0.280. The number of nitrogens with zero attached hydrogens (tertiary/aromatic N) is 1. The molecule has 102 valence electrons. The van der Waals surface area contributed by atoms with Crippen molar-refractivity contribution < 1.29 is 17.6 Å². The van der Waals surface area contributed by atoms with Gasteiger partial charge in [0.15, 0.2) is 5.89 Å². The van der Waals surface area contributed by atoms with Gasteiger partial charge in [0.25, 0.3) is 0 Å². The number of nitrogens with two attached hydrogens (primary N) is 1. The Kier molecular flexibility index (Phi) is 3.94. The van der Waals surface area contributed by atoms with Crippen molar-refractivity contribution in [1.29, 1.82) is 0 Å². The maximum absolute atomic E-state index is 12.7. The summed E-state index contributed by atoms with van der Waals surface area (Å²) in [6.07, 6.45) is -0.362. The molecule has 0 aliphatic heterocycles. The molecule has 1 aromatic heterocycles. The van der Waals surface area contributed by atoms with Gasteiger partial charge in [0.1, 0.15) is 5.76 Å². The molecule has 1 aromatic rings. The van der Waals surface area contributed by atoms with E-state index in [0.717, 1.165) is 6.42 Å². The summed E-state index contributed by atoms with van der Waals surface area (Å²) >= 11 is 0. The quantitative estimate of drug-likeness (QED) is 0.911. The van der Waals surface area contributed by atoms with Crippen LogP contribution in [0.25, 0.3) is 0 Å². The SMILES string of the molecule is NCCc1ncc(C2CCCC(C(F)(F)F)C2)o1. The smallest absolute Gasteiger partial charge is 0.391 e. The maximum Gasteiger partial charge on any atom is 0.391 e. The van der Waals surface area contributed by atoms with E-state index < -0.39 is 12.1 Å². The number of aromatic nitrogens is 1. The fourth-order valence-electron chi connectivity index (χ4n) is 2.50. The van der Waals surface area contributed by atoms with Crippen LogP contribution >= 0.6 is 0 Å². The summed E-state index contributed by atoms with van der Waals surface area (Å²) in [6, 6.07) is 0. The van der Waals surface area contributed by atoms with Crippen LogP contribution in [0.2, 0.25) is 0 Å². The van der Waals surface area contributed by atoms with Crippen molar-refractivity contribution >= 4 is 0 Å². The standard InChI is InChI=1S/C12H17F3N2O/c13-12(14,15)9-3-1-2-8(6-9)10-7-17-11(18-10)4-5-16/h7-9H,1-6,16H2. The van der Waals surface area contributed by atoms with Gasteiger partial charge in [-0.15, -0.1) is 0 Å². The highest BCUT2D eigenvalue weighted by molar-refractivity contribution is 5.04. The van der Waals surface area contributed by atoms with E-state index in [4.69, 9.17) is 10.2 Å². The maximum atomic E-state index is 12.7. The molecule has 1 saturated carbocycles. The second kappa shape index (κ2) is 5.30. The second-order valence-corrected chi connectivity index (χ2v) is 4.80. The molecule has 0 saturated heterocycles. The summed E-state index contributed by atoms with van der Waals surface area (Å²) in [5, 5.41) is 0. The Balaban J connectivity index is 2.03. The topological polar surface area (TPSA) is 52.0 Å². The second-order valence-electron chi connectivity index (χ2n) is 4.80. The number of oxazole rings is 1. The van der Waals surface area contributed by atoms with Gasteiger partial charge in [-0.3, -0.25) is 0 Å². The average molecular weight is 262 g/mol. The van der Waals surface area contributed by atoms with E-state index in [0.29, 0.717) is 31.0 Å². The molecule has 1 aliphatic carbocycles. The fraction of sp³-hybridized carbons (Fsp3) is 0.750. The van der Waals surface area contributed by atoms with Gasteiger partial charge in [-0.2, -0.15) is 13.2 Å². The first-order chi connectivity index (χ1) is 8.50. The van der Waals surface area contributed by atoms with Gasteiger partial charge >= 0.3 is 6.18 Å².